The molecule has 170 valence electrons. The number of hydrogen-bond acceptors (Lipinski definition) is 6. The summed E-state index contributed by atoms with van der Waals surface area (Å²) in [5.74, 6) is -2.27. The summed E-state index contributed by atoms with van der Waals surface area (Å²) < 4.78 is 78.4. The van der Waals surface area contributed by atoms with E-state index in [0.717, 1.165) is 30.3 Å². The predicted octanol–water partition coefficient (Wildman–Crippen LogP) is 1.09. The molecule has 8 nitrogen and oxygen atoms in total. The minimum atomic E-state index is -5.01. The molecule has 0 spiro atoms. The van der Waals surface area contributed by atoms with Gasteiger partial charge in [0.1, 0.15) is 11.9 Å². The number of halogens is 4. The Morgan fingerprint density at radius 3 is 2.19 bits per heavy atom. The third-order valence-electron chi connectivity index (χ3n) is 4.05. The molecule has 2 aromatic carbocycles. The second kappa shape index (κ2) is 9.60. The summed E-state index contributed by atoms with van der Waals surface area (Å²) in [5, 5.41) is 29.7. The molecular weight excluding hydrogens is 448 g/mol. The van der Waals surface area contributed by atoms with Crippen molar-refractivity contribution in [2.45, 2.75) is 23.3 Å². The van der Waals surface area contributed by atoms with Crippen LogP contribution in [0.3, 0.4) is 0 Å². The summed E-state index contributed by atoms with van der Waals surface area (Å²) in [6, 6.07) is 5.90. The second-order valence-corrected chi connectivity index (χ2v) is 8.03. The third-order valence-corrected chi connectivity index (χ3v) is 5.45. The van der Waals surface area contributed by atoms with E-state index in [1.165, 1.54) is 0 Å². The minimum Gasteiger partial charge on any atom is -0.394 e. The zero-order valence-electron chi connectivity index (χ0n) is 15.6. The van der Waals surface area contributed by atoms with Gasteiger partial charge in [-0.3, -0.25) is 9.52 Å². The average Bonchev–Trinajstić information content (AvgIpc) is 2.71. The lowest BCUT2D eigenvalue weighted by Gasteiger charge is -2.16. The average molecular weight is 466 g/mol. The highest BCUT2D eigenvalue weighted by Gasteiger charge is 2.34. The first kappa shape index (κ1) is 24.5. The van der Waals surface area contributed by atoms with Gasteiger partial charge in [0.05, 0.1) is 23.2 Å². The first-order chi connectivity index (χ1) is 14.3. The topological polar surface area (TPSA) is 136 Å². The first-order valence-corrected chi connectivity index (χ1v) is 10.1. The van der Waals surface area contributed by atoms with Crippen molar-refractivity contribution in [3.63, 3.8) is 0 Å². The Labute approximate surface area is 174 Å². The molecule has 0 aliphatic carbocycles. The minimum absolute atomic E-state index is 0.00854. The molecule has 0 saturated carbocycles. The van der Waals surface area contributed by atoms with Crippen LogP contribution < -0.4 is 10.0 Å². The Hall–Kier alpha value is -2.74. The number of hydrogen-bond donors (Lipinski definition) is 5. The second-order valence-electron chi connectivity index (χ2n) is 6.35. The molecular formula is C18H18F4N2O6S. The maximum atomic E-state index is 13.3. The Morgan fingerprint density at radius 2 is 1.65 bits per heavy atom. The number of anilines is 1. The fraction of sp³-hybridized carbons (Fsp3) is 0.278. The van der Waals surface area contributed by atoms with Crippen molar-refractivity contribution in [3.05, 3.63) is 59.4 Å². The van der Waals surface area contributed by atoms with Crippen LogP contribution in [0.1, 0.15) is 15.9 Å². The lowest BCUT2D eigenvalue weighted by molar-refractivity contribution is -0.139. The van der Waals surface area contributed by atoms with Crippen LogP contribution in [-0.2, 0) is 16.2 Å². The highest BCUT2D eigenvalue weighted by atomic mass is 32.2. The standard InChI is InChI=1S/C18H18F4N2O6S/c19-14-6-3-11(7-13(14)18(20,21)22)24-31(29,30)12-4-1-10(2-5-12)17(28)23-8-15(26)16(27)9-25/h1-7,15-16,24-27H,8-9H2,(H,23,28). The summed E-state index contributed by atoms with van der Waals surface area (Å²) in [5.41, 5.74) is -2.15. The molecule has 5 N–H and O–H groups in total. The Balaban J connectivity index is 2.12. The van der Waals surface area contributed by atoms with Crippen molar-refractivity contribution in [2.24, 2.45) is 0 Å². The van der Waals surface area contributed by atoms with Crippen LogP contribution in [0.25, 0.3) is 0 Å². The lowest BCUT2D eigenvalue weighted by atomic mass is 10.2. The summed E-state index contributed by atoms with van der Waals surface area (Å²) in [7, 11) is -4.34. The normalized spacial score (nSPS) is 14.0. The summed E-state index contributed by atoms with van der Waals surface area (Å²) >= 11 is 0. The third kappa shape index (κ3) is 6.37. The number of carbonyl (C=O) groups is 1. The van der Waals surface area contributed by atoms with Crippen LogP contribution in [0.4, 0.5) is 23.2 Å². The molecule has 0 saturated heterocycles. The maximum Gasteiger partial charge on any atom is 0.419 e. The van der Waals surface area contributed by atoms with Gasteiger partial charge >= 0.3 is 6.18 Å². The zero-order valence-corrected chi connectivity index (χ0v) is 16.4. The van der Waals surface area contributed by atoms with Gasteiger partial charge in [0.15, 0.2) is 0 Å². The Morgan fingerprint density at radius 1 is 1.03 bits per heavy atom. The SMILES string of the molecule is O=C(NCC(O)C(O)CO)c1ccc(S(=O)(=O)Nc2ccc(F)c(C(F)(F)F)c2)cc1. The van der Waals surface area contributed by atoms with Gasteiger partial charge in [0, 0.05) is 17.8 Å². The van der Waals surface area contributed by atoms with Crippen LogP contribution in [0.5, 0.6) is 0 Å². The molecule has 0 aliphatic heterocycles. The van der Waals surface area contributed by atoms with E-state index in [4.69, 9.17) is 5.11 Å². The van der Waals surface area contributed by atoms with Crippen molar-refractivity contribution in [1.29, 1.82) is 0 Å². The lowest BCUT2D eigenvalue weighted by Crippen LogP contribution is -2.40. The molecule has 0 aromatic heterocycles. The number of amides is 1. The molecule has 2 unspecified atom stereocenters. The molecule has 31 heavy (non-hydrogen) atoms. The number of carbonyl (C=O) groups excluding carboxylic acids is 1. The van der Waals surface area contributed by atoms with Gasteiger partial charge in [-0.15, -0.1) is 0 Å². The highest BCUT2D eigenvalue weighted by molar-refractivity contribution is 7.92. The van der Waals surface area contributed by atoms with Crippen LogP contribution >= 0.6 is 0 Å². The van der Waals surface area contributed by atoms with E-state index in [1.807, 2.05) is 4.72 Å². The first-order valence-electron chi connectivity index (χ1n) is 8.60. The molecule has 0 aliphatic rings. The summed E-state index contributed by atoms with van der Waals surface area (Å²) in [4.78, 5) is 11.6. The van der Waals surface area contributed by atoms with Crippen molar-refractivity contribution >= 4 is 21.6 Å². The number of aliphatic hydroxyl groups is 3. The molecule has 2 aromatic rings. The zero-order chi connectivity index (χ0) is 23.4. The van der Waals surface area contributed by atoms with Gasteiger partial charge < -0.3 is 20.6 Å². The molecule has 0 heterocycles. The Bertz CT molecular complexity index is 1030. The molecule has 2 rings (SSSR count). The van der Waals surface area contributed by atoms with Crippen molar-refractivity contribution in [1.82, 2.24) is 5.32 Å². The van der Waals surface area contributed by atoms with Crippen LogP contribution in [0.2, 0.25) is 0 Å². The summed E-state index contributed by atoms with van der Waals surface area (Å²) in [6.45, 7) is -1.09. The van der Waals surface area contributed by atoms with Gasteiger partial charge in [-0.05, 0) is 42.5 Å². The Kier molecular flexibility index (Phi) is 7.59. The molecule has 1 amide bonds. The quantitative estimate of drug-likeness (QED) is 0.370. The molecule has 0 radical (unpaired) electrons. The monoisotopic (exact) mass is 466 g/mol. The van der Waals surface area contributed by atoms with Gasteiger partial charge in [-0.2, -0.15) is 13.2 Å². The smallest absolute Gasteiger partial charge is 0.394 e. The van der Waals surface area contributed by atoms with Crippen molar-refractivity contribution in [3.8, 4) is 0 Å². The van der Waals surface area contributed by atoms with Crippen LogP contribution in [0.15, 0.2) is 47.4 Å². The number of benzene rings is 2. The van der Waals surface area contributed by atoms with Gasteiger partial charge in [-0.25, -0.2) is 12.8 Å². The van der Waals surface area contributed by atoms with Crippen LogP contribution in [0, 0.1) is 5.82 Å². The number of aliphatic hydroxyl groups excluding tert-OH is 3. The predicted molar refractivity (Wildman–Crippen MR) is 100 cm³/mol. The van der Waals surface area contributed by atoms with E-state index >= 15 is 0 Å². The molecule has 0 fully saturated rings. The van der Waals surface area contributed by atoms with Crippen molar-refractivity contribution in [2.75, 3.05) is 17.9 Å². The van der Waals surface area contributed by atoms with Crippen LogP contribution in [-0.4, -0.2) is 55.0 Å². The van der Waals surface area contributed by atoms with Gasteiger partial charge in [0.2, 0.25) is 0 Å². The highest BCUT2D eigenvalue weighted by Crippen LogP contribution is 2.33. The maximum absolute atomic E-state index is 13.3. The number of alkyl halides is 3. The van der Waals surface area contributed by atoms with E-state index in [9.17, 15) is 41.0 Å². The number of sulfonamides is 1. The van der Waals surface area contributed by atoms with E-state index in [2.05, 4.69) is 5.32 Å². The largest absolute Gasteiger partial charge is 0.419 e. The number of nitrogens with one attached hydrogen (secondary N) is 2. The summed E-state index contributed by atoms with van der Waals surface area (Å²) in [6.07, 6.45) is -7.89. The van der Waals surface area contributed by atoms with E-state index in [-0.39, 0.29) is 17.0 Å². The van der Waals surface area contributed by atoms with Gasteiger partial charge in [0.25, 0.3) is 15.9 Å². The molecule has 2 atom stereocenters. The fourth-order valence-corrected chi connectivity index (χ4v) is 3.41. The van der Waals surface area contributed by atoms with Crippen molar-refractivity contribution < 1.29 is 46.1 Å². The van der Waals surface area contributed by atoms with E-state index in [1.54, 1.807) is 0 Å². The van der Waals surface area contributed by atoms with E-state index < -0.39 is 58.0 Å². The van der Waals surface area contributed by atoms with Gasteiger partial charge in [-0.1, -0.05) is 0 Å². The van der Waals surface area contributed by atoms with E-state index in [0.29, 0.717) is 12.1 Å². The fourth-order valence-electron chi connectivity index (χ4n) is 2.36. The molecule has 13 heteroatoms. The number of rotatable bonds is 8. The molecule has 0 bridgehead atoms.